The summed E-state index contributed by atoms with van der Waals surface area (Å²) in [5.74, 6) is 0.954. The second kappa shape index (κ2) is 4.85. The predicted octanol–water partition coefficient (Wildman–Crippen LogP) is 0.397. The van der Waals surface area contributed by atoms with Crippen molar-refractivity contribution < 1.29 is 19.4 Å². The van der Waals surface area contributed by atoms with Crippen LogP contribution in [0.4, 0.5) is 0 Å². The van der Waals surface area contributed by atoms with E-state index in [9.17, 15) is 4.79 Å². The Morgan fingerprint density at radius 1 is 1.37 bits per heavy atom. The van der Waals surface area contributed by atoms with Crippen LogP contribution < -0.4 is 9.47 Å². The Morgan fingerprint density at radius 2 is 2.16 bits per heavy atom. The van der Waals surface area contributed by atoms with Gasteiger partial charge in [-0.1, -0.05) is 5.21 Å². The zero-order valence-electron chi connectivity index (χ0n) is 10.2. The number of carbonyl (C=O) groups is 1. The van der Waals surface area contributed by atoms with E-state index in [1.165, 1.54) is 0 Å². The smallest absolute Gasteiger partial charge is 0.189 e. The van der Waals surface area contributed by atoms with Gasteiger partial charge in [-0.3, -0.25) is 4.79 Å². The Bertz CT molecular complexity index is 623. The van der Waals surface area contributed by atoms with Crippen molar-refractivity contribution in [3.05, 3.63) is 11.6 Å². The largest absolute Gasteiger partial charge is 0.485 e. The molecule has 1 aliphatic rings. The van der Waals surface area contributed by atoms with E-state index < -0.39 is 0 Å². The Morgan fingerprint density at radius 3 is 2.89 bits per heavy atom. The van der Waals surface area contributed by atoms with Crippen LogP contribution in [-0.4, -0.2) is 46.2 Å². The van der Waals surface area contributed by atoms with Crippen molar-refractivity contribution in [2.24, 2.45) is 0 Å². The molecule has 0 amide bonds. The first-order chi connectivity index (χ1) is 9.35. The molecule has 1 aliphatic heterocycles. The lowest BCUT2D eigenvalue weighted by Gasteiger charge is -2.20. The minimum absolute atomic E-state index is 0.0767. The number of aliphatic hydroxyl groups excluding tert-OH is 1. The molecule has 0 radical (unpaired) electrons. The summed E-state index contributed by atoms with van der Waals surface area (Å²) in [6.07, 6.45) is 1.29. The van der Waals surface area contributed by atoms with Crippen molar-refractivity contribution >= 4 is 17.3 Å². The van der Waals surface area contributed by atoms with Crippen LogP contribution in [0.2, 0.25) is 0 Å². The number of aldehydes is 1. The molecule has 0 bridgehead atoms. The fraction of sp³-hybridized carbons (Fsp3) is 0.417. The number of nitrogens with zero attached hydrogens (tertiary/aromatic N) is 3. The highest BCUT2D eigenvalue weighted by molar-refractivity contribution is 5.94. The van der Waals surface area contributed by atoms with Gasteiger partial charge in [0.2, 0.25) is 0 Å². The van der Waals surface area contributed by atoms with E-state index in [0.717, 1.165) is 6.29 Å². The first-order valence-corrected chi connectivity index (χ1v) is 6.07. The number of fused-ring (bicyclic) bond motifs is 3. The molecular weight excluding hydrogens is 250 g/mol. The van der Waals surface area contributed by atoms with E-state index in [4.69, 9.17) is 14.6 Å². The van der Waals surface area contributed by atoms with Gasteiger partial charge in [0, 0.05) is 13.2 Å². The third kappa shape index (κ3) is 1.91. The molecule has 1 aromatic heterocycles. The molecule has 7 heteroatoms. The number of aryl methyl sites for hydroxylation is 1. The summed E-state index contributed by atoms with van der Waals surface area (Å²) in [6.45, 7) is 1.45. The van der Waals surface area contributed by atoms with E-state index in [0.29, 0.717) is 54.3 Å². The average molecular weight is 263 g/mol. The highest BCUT2D eigenvalue weighted by Crippen LogP contribution is 2.39. The molecule has 3 rings (SSSR count). The molecule has 0 fully saturated rings. The van der Waals surface area contributed by atoms with Gasteiger partial charge in [0.25, 0.3) is 0 Å². The zero-order chi connectivity index (χ0) is 13.2. The number of aromatic nitrogens is 3. The third-order valence-corrected chi connectivity index (χ3v) is 2.97. The maximum Gasteiger partial charge on any atom is 0.189 e. The average Bonchev–Trinajstić information content (AvgIpc) is 2.87. The van der Waals surface area contributed by atoms with E-state index in [1.54, 1.807) is 10.7 Å². The highest BCUT2D eigenvalue weighted by Gasteiger charge is 2.23. The van der Waals surface area contributed by atoms with Gasteiger partial charge in [-0.05, 0) is 12.5 Å². The third-order valence-electron chi connectivity index (χ3n) is 2.97. The van der Waals surface area contributed by atoms with Crippen LogP contribution >= 0.6 is 0 Å². The Balaban J connectivity index is 2.19. The molecular formula is C12H13N3O4. The number of hydrogen-bond acceptors (Lipinski definition) is 6. The van der Waals surface area contributed by atoms with Gasteiger partial charge in [0.05, 0.1) is 5.56 Å². The molecule has 0 saturated heterocycles. The van der Waals surface area contributed by atoms with Crippen LogP contribution in [0.3, 0.4) is 0 Å². The van der Waals surface area contributed by atoms with Crippen LogP contribution in [0.1, 0.15) is 16.8 Å². The summed E-state index contributed by atoms with van der Waals surface area (Å²) in [5, 5.41) is 16.9. The van der Waals surface area contributed by atoms with Gasteiger partial charge in [-0.25, -0.2) is 4.68 Å². The number of rotatable bonds is 4. The van der Waals surface area contributed by atoms with E-state index >= 15 is 0 Å². The van der Waals surface area contributed by atoms with Gasteiger partial charge in [0.1, 0.15) is 24.2 Å². The molecule has 2 heterocycles. The molecule has 1 aromatic carbocycles. The van der Waals surface area contributed by atoms with E-state index in [1.807, 2.05) is 0 Å². The first-order valence-electron chi connectivity index (χ1n) is 6.07. The molecule has 7 nitrogen and oxygen atoms in total. The summed E-state index contributed by atoms with van der Waals surface area (Å²) in [4.78, 5) is 11.1. The van der Waals surface area contributed by atoms with Crippen LogP contribution in [0, 0.1) is 0 Å². The number of hydrogen-bond donors (Lipinski definition) is 1. The van der Waals surface area contributed by atoms with Gasteiger partial charge < -0.3 is 14.6 Å². The lowest BCUT2D eigenvalue weighted by molar-refractivity contribution is 0.111. The normalized spacial score (nSPS) is 13.7. The van der Waals surface area contributed by atoms with E-state index in [2.05, 4.69) is 10.3 Å². The summed E-state index contributed by atoms with van der Waals surface area (Å²) < 4.78 is 12.8. The van der Waals surface area contributed by atoms with E-state index in [-0.39, 0.29) is 6.61 Å². The lowest BCUT2D eigenvalue weighted by atomic mass is 10.1. The van der Waals surface area contributed by atoms with Crippen LogP contribution in [0.5, 0.6) is 11.5 Å². The van der Waals surface area contributed by atoms with Gasteiger partial charge in [-0.2, -0.15) is 0 Å². The van der Waals surface area contributed by atoms with Crippen molar-refractivity contribution in [1.29, 1.82) is 0 Å². The second-order valence-corrected chi connectivity index (χ2v) is 4.20. The number of benzene rings is 1. The Hall–Kier alpha value is -2.15. The minimum atomic E-state index is 0.0767. The van der Waals surface area contributed by atoms with Gasteiger partial charge >= 0.3 is 0 Å². The van der Waals surface area contributed by atoms with Gasteiger partial charge in [0.15, 0.2) is 17.8 Å². The fourth-order valence-electron chi connectivity index (χ4n) is 2.14. The molecule has 100 valence electrons. The highest BCUT2D eigenvalue weighted by atomic mass is 16.6. The maximum atomic E-state index is 11.1. The molecule has 2 aromatic rings. The SMILES string of the molecule is O=Cc1cc2nnn(CCCO)c2c2c1OCCO2. The molecule has 19 heavy (non-hydrogen) atoms. The van der Waals surface area contributed by atoms with Crippen molar-refractivity contribution in [3.8, 4) is 11.5 Å². The molecule has 1 N–H and O–H groups in total. The minimum Gasteiger partial charge on any atom is -0.485 e. The summed E-state index contributed by atoms with van der Waals surface area (Å²) >= 11 is 0. The first kappa shape index (κ1) is 11.9. The summed E-state index contributed by atoms with van der Waals surface area (Å²) in [5.41, 5.74) is 1.70. The molecule has 0 saturated carbocycles. The maximum absolute atomic E-state index is 11.1. The van der Waals surface area contributed by atoms with Gasteiger partial charge in [-0.15, -0.1) is 5.10 Å². The Labute approximate surface area is 108 Å². The number of aliphatic hydroxyl groups is 1. The quantitative estimate of drug-likeness (QED) is 0.803. The zero-order valence-corrected chi connectivity index (χ0v) is 10.2. The molecule has 0 spiro atoms. The number of ether oxygens (including phenoxy) is 2. The topological polar surface area (TPSA) is 86.5 Å². The van der Waals surface area contributed by atoms with Crippen molar-refractivity contribution in [1.82, 2.24) is 15.0 Å². The molecule has 0 atom stereocenters. The number of carbonyl (C=O) groups excluding carboxylic acids is 1. The van der Waals surface area contributed by atoms with Crippen molar-refractivity contribution in [2.75, 3.05) is 19.8 Å². The van der Waals surface area contributed by atoms with Crippen molar-refractivity contribution in [3.63, 3.8) is 0 Å². The lowest BCUT2D eigenvalue weighted by Crippen LogP contribution is -2.17. The molecule has 0 unspecified atom stereocenters. The van der Waals surface area contributed by atoms with Crippen LogP contribution in [0.25, 0.3) is 11.0 Å². The predicted molar refractivity (Wildman–Crippen MR) is 65.6 cm³/mol. The van der Waals surface area contributed by atoms with Crippen molar-refractivity contribution in [2.45, 2.75) is 13.0 Å². The summed E-state index contributed by atoms with van der Waals surface area (Å²) in [7, 11) is 0. The van der Waals surface area contributed by atoms with Crippen LogP contribution in [0.15, 0.2) is 6.07 Å². The standard InChI is InChI=1S/C12H13N3O4/c16-3-1-2-15-10-9(13-14-15)6-8(7-17)11-12(10)19-5-4-18-11/h6-7,16H,1-5H2. The summed E-state index contributed by atoms with van der Waals surface area (Å²) in [6, 6.07) is 1.64. The fourth-order valence-corrected chi connectivity index (χ4v) is 2.14. The van der Waals surface area contributed by atoms with Crippen LogP contribution in [-0.2, 0) is 6.54 Å². The Kier molecular flexibility index (Phi) is 3.04. The molecule has 0 aliphatic carbocycles. The monoisotopic (exact) mass is 263 g/mol. The second-order valence-electron chi connectivity index (χ2n) is 4.20.